The number of ether oxygens (including phenoxy) is 1. The lowest BCUT2D eigenvalue weighted by Gasteiger charge is -2.40. The summed E-state index contributed by atoms with van der Waals surface area (Å²) in [6, 6.07) is 17.3. The van der Waals surface area contributed by atoms with Crippen LogP contribution < -0.4 is 30.9 Å². The predicted octanol–water partition coefficient (Wildman–Crippen LogP) is 3.36. The summed E-state index contributed by atoms with van der Waals surface area (Å²) in [7, 11) is 3.60. The van der Waals surface area contributed by atoms with E-state index in [2.05, 4.69) is 56.6 Å². The third kappa shape index (κ3) is 6.64. The Morgan fingerprint density at radius 2 is 1.59 bits per heavy atom. The molecule has 11 heteroatoms. The number of nitrogens with zero attached hydrogens (tertiary/aromatic N) is 4. The molecule has 3 saturated heterocycles. The number of benzene rings is 2. The number of nitrogens with one attached hydrogen (secondary N) is 2. The molecule has 3 aliphatic heterocycles. The first-order chi connectivity index (χ1) is 22.2. The average Bonchev–Trinajstić information content (AvgIpc) is 3.34. The second-order valence-electron chi connectivity index (χ2n) is 12.7. The highest BCUT2D eigenvalue weighted by atomic mass is 16.5. The number of pyridine rings is 1. The summed E-state index contributed by atoms with van der Waals surface area (Å²) in [5.41, 5.74) is 8.86. The quantitative estimate of drug-likeness (QED) is 0.330. The van der Waals surface area contributed by atoms with E-state index in [0.717, 1.165) is 63.2 Å². The number of piperazine rings is 1. The zero-order valence-corrected chi connectivity index (χ0v) is 26.7. The minimum Gasteiger partial charge on any atom is -0.496 e. The van der Waals surface area contributed by atoms with Crippen molar-refractivity contribution >= 4 is 29.2 Å². The van der Waals surface area contributed by atoms with Crippen LogP contribution in [0.15, 0.2) is 60.8 Å². The molecule has 3 fully saturated rings. The molecule has 6 rings (SSSR count). The molecule has 1 unspecified atom stereocenters. The van der Waals surface area contributed by atoms with Gasteiger partial charge in [0.05, 0.1) is 24.3 Å². The molecule has 3 aliphatic rings. The molecule has 0 radical (unpaired) electrons. The molecular formula is C35H43N7O4. The Morgan fingerprint density at radius 3 is 2.20 bits per heavy atom. The van der Waals surface area contributed by atoms with Crippen molar-refractivity contribution in [1.82, 2.24) is 20.5 Å². The number of fused-ring (bicyclic) bond motifs is 2. The third-order valence-electron chi connectivity index (χ3n) is 9.68. The number of hydrogen-bond acceptors (Lipinski definition) is 8. The number of anilines is 2. The second kappa shape index (κ2) is 13.4. The van der Waals surface area contributed by atoms with Crippen molar-refractivity contribution < 1.29 is 19.1 Å². The highest BCUT2D eigenvalue weighted by Gasteiger charge is 2.42. The van der Waals surface area contributed by atoms with Crippen molar-refractivity contribution in [3.63, 3.8) is 0 Å². The van der Waals surface area contributed by atoms with Gasteiger partial charge in [0.15, 0.2) is 0 Å². The number of aromatic nitrogens is 1. The van der Waals surface area contributed by atoms with E-state index in [1.165, 1.54) is 18.9 Å². The summed E-state index contributed by atoms with van der Waals surface area (Å²) in [6.07, 6.45) is 5.30. The molecule has 0 spiro atoms. The van der Waals surface area contributed by atoms with Crippen LogP contribution in [0.5, 0.6) is 5.75 Å². The standard InChI is InChI=1S/C35H43N7O4/c1-22(23-4-8-27(9-5-23)41-16-14-40(2)15-17-41)38-35(45)25-7-13-32(37-21-25)42-28-10-11-29(42)20-26(19-28)39-34(44)24-6-12-30(33(36)43)31(18-24)46-3/h4-9,12-13,18,21-22,26,28-29H,10-11,14-17,19-20H2,1-3H3,(H2,36,43)(H,38,45)(H,39,44)/t22-,26?,28-,29+/m0/s1. The van der Waals surface area contributed by atoms with Crippen molar-refractivity contribution in [1.29, 1.82) is 0 Å². The Hall–Kier alpha value is -4.64. The van der Waals surface area contributed by atoms with E-state index in [1.807, 2.05) is 19.1 Å². The van der Waals surface area contributed by atoms with Gasteiger partial charge in [0.2, 0.25) is 0 Å². The van der Waals surface area contributed by atoms with Crippen molar-refractivity contribution in [2.24, 2.45) is 5.73 Å². The van der Waals surface area contributed by atoms with Gasteiger partial charge in [-0.2, -0.15) is 0 Å². The van der Waals surface area contributed by atoms with Gasteiger partial charge in [-0.25, -0.2) is 4.98 Å². The number of carbonyl (C=O) groups excluding carboxylic acids is 3. The van der Waals surface area contributed by atoms with Crippen molar-refractivity contribution in [2.75, 3.05) is 50.1 Å². The van der Waals surface area contributed by atoms with Gasteiger partial charge >= 0.3 is 0 Å². The Morgan fingerprint density at radius 1 is 0.913 bits per heavy atom. The maximum Gasteiger partial charge on any atom is 0.253 e. The molecule has 1 aromatic heterocycles. The van der Waals surface area contributed by atoms with Gasteiger partial charge in [-0.15, -0.1) is 0 Å². The predicted molar refractivity (Wildman–Crippen MR) is 178 cm³/mol. The topological polar surface area (TPSA) is 133 Å². The molecule has 2 bridgehead atoms. The Labute approximate surface area is 270 Å². The van der Waals surface area contributed by atoms with Crippen LogP contribution in [-0.4, -0.2) is 86.1 Å². The molecule has 0 saturated carbocycles. The SMILES string of the molecule is COc1cc(C(=O)NC2C[C@H]3CC[C@@H](C2)N3c2ccc(C(=O)N[C@@H](C)c3ccc(N4CCN(C)CC4)cc3)cn2)ccc1C(N)=O. The van der Waals surface area contributed by atoms with E-state index < -0.39 is 5.91 Å². The van der Waals surface area contributed by atoms with Gasteiger partial charge in [0.25, 0.3) is 17.7 Å². The maximum atomic E-state index is 13.1. The monoisotopic (exact) mass is 625 g/mol. The van der Waals surface area contributed by atoms with E-state index in [9.17, 15) is 14.4 Å². The van der Waals surface area contributed by atoms with E-state index in [0.29, 0.717) is 11.1 Å². The van der Waals surface area contributed by atoms with Crippen LogP contribution in [0.3, 0.4) is 0 Å². The van der Waals surface area contributed by atoms with Crippen LogP contribution in [0.25, 0.3) is 0 Å². The average molecular weight is 626 g/mol. The van der Waals surface area contributed by atoms with Gasteiger partial charge in [-0.1, -0.05) is 12.1 Å². The summed E-state index contributed by atoms with van der Waals surface area (Å²) < 4.78 is 5.26. The fraction of sp³-hybridized carbons (Fsp3) is 0.429. The molecule has 46 heavy (non-hydrogen) atoms. The number of amides is 3. The Kier molecular flexibility index (Phi) is 9.12. The molecule has 0 aliphatic carbocycles. The molecule has 3 amide bonds. The van der Waals surface area contributed by atoms with E-state index >= 15 is 0 Å². The lowest BCUT2D eigenvalue weighted by molar-refractivity contribution is 0.0922. The van der Waals surface area contributed by atoms with E-state index in [1.54, 1.807) is 18.3 Å². The number of methoxy groups -OCH3 is 1. The maximum absolute atomic E-state index is 13.1. The van der Waals surface area contributed by atoms with E-state index in [4.69, 9.17) is 15.5 Å². The summed E-state index contributed by atoms with van der Waals surface area (Å²) in [5, 5.41) is 6.29. The number of rotatable bonds is 9. The number of hydrogen-bond donors (Lipinski definition) is 3. The lowest BCUT2D eigenvalue weighted by atomic mass is 9.96. The first kappa shape index (κ1) is 31.3. The Balaban J connectivity index is 1.03. The minimum absolute atomic E-state index is 0.0187. The minimum atomic E-state index is -0.605. The summed E-state index contributed by atoms with van der Waals surface area (Å²) in [6.45, 7) is 6.16. The molecule has 11 nitrogen and oxygen atoms in total. The zero-order chi connectivity index (χ0) is 32.4. The van der Waals surface area contributed by atoms with Gasteiger partial charge in [-0.05, 0) is 87.7 Å². The number of likely N-dealkylation sites (N-methyl/N-ethyl adjacent to an activating group) is 1. The fourth-order valence-electron chi connectivity index (χ4n) is 7.05. The number of piperidine rings is 1. The van der Waals surface area contributed by atoms with Crippen LogP contribution in [0.4, 0.5) is 11.5 Å². The number of primary amides is 1. The first-order valence-corrected chi connectivity index (χ1v) is 16.1. The number of carbonyl (C=O) groups is 3. The van der Waals surface area contributed by atoms with Gasteiger partial charge in [0, 0.05) is 61.8 Å². The molecule has 4 N–H and O–H groups in total. The molecular weight excluding hydrogens is 582 g/mol. The van der Waals surface area contributed by atoms with Crippen molar-refractivity contribution in [3.05, 3.63) is 83.0 Å². The highest BCUT2D eigenvalue weighted by Crippen LogP contribution is 2.38. The van der Waals surface area contributed by atoms with Gasteiger partial charge < -0.3 is 35.8 Å². The molecule has 2 aromatic carbocycles. The number of nitrogens with two attached hydrogens (primary N) is 1. The fourth-order valence-corrected chi connectivity index (χ4v) is 7.05. The molecule has 242 valence electrons. The van der Waals surface area contributed by atoms with Gasteiger partial charge in [-0.3, -0.25) is 14.4 Å². The second-order valence-corrected chi connectivity index (χ2v) is 12.7. The third-order valence-corrected chi connectivity index (χ3v) is 9.68. The van der Waals surface area contributed by atoms with Crippen molar-refractivity contribution in [3.8, 4) is 5.75 Å². The van der Waals surface area contributed by atoms with Crippen LogP contribution in [0.2, 0.25) is 0 Å². The van der Waals surface area contributed by atoms with Crippen LogP contribution in [0, 0.1) is 0 Å². The van der Waals surface area contributed by atoms with E-state index in [-0.39, 0.29) is 47.3 Å². The highest BCUT2D eigenvalue weighted by molar-refractivity contribution is 5.99. The first-order valence-electron chi connectivity index (χ1n) is 16.1. The largest absolute Gasteiger partial charge is 0.496 e. The van der Waals surface area contributed by atoms with Gasteiger partial charge in [0.1, 0.15) is 11.6 Å². The summed E-state index contributed by atoms with van der Waals surface area (Å²) >= 11 is 0. The van der Waals surface area contributed by atoms with Crippen LogP contribution in [-0.2, 0) is 0 Å². The molecule has 4 atom stereocenters. The molecule has 3 aromatic rings. The van der Waals surface area contributed by atoms with Crippen LogP contribution >= 0.6 is 0 Å². The normalized spacial score (nSPS) is 21.8. The smallest absolute Gasteiger partial charge is 0.253 e. The lowest BCUT2D eigenvalue weighted by Crippen LogP contribution is -2.50. The molecule has 4 heterocycles. The summed E-state index contributed by atoms with van der Waals surface area (Å²) in [4.78, 5) is 49.6. The van der Waals surface area contributed by atoms with Crippen molar-refractivity contribution in [2.45, 2.75) is 56.8 Å². The zero-order valence-electron chi connectivity index (χ0n) is 26.7. The van der Waals surface area contributed by atoms with Crippen LogP contribution in [0.1, 0.15) is 75.3 Å². The Bertz CT molecular complexity index is 1560. The summed E-state index contributed by atoms with van der Waals surface area (Å²) in [5.74, 6) is 0.170.